The van der Waals surface area contributed by atoms with Crippen LogP contribution in [0.25, 0.3) is 0 Å². The lowest BCUT2D eigenvalue weighted by Crippen LogP contribution is -2.71. The lowest BCUT2D eigenvalue weighted by atomic mass is 10.1. The number of anilines is 1. The zero-order chi connectivity index (χ0) is 20.5. The van der Waals surface area contributed by atoms with E-state index in [4.69, 9.17) is 21.1 Å². The highest BCUT2D eigenvalue weighted by Crippen LogP contribution is 2.32. The zero-order valence-corrected chi connectivity index (χ0v) is 16.2. The largest absolute Gasteiger partial charge is 0.454 e. The molecule has 1 saturated heterocycles. The number of fused-ring (bicyclic) bond motifs is 1. The number of nitrogens with zero attached hydrogens (tertiary/aromatic N) is 1. The fourth-order valence-electron chi connectivity index (χ4n) is 3.05. The number of rotatable bonds is 4. The highest BCUT2D eigenvalue weighted by Gasteiger charge is 2.42. The Morgan fingerprint density at radius 2 is 1.97 bits per heavy atom. The summed E-state index contributed by atoms with van der Waals surface area (Å²) >= 11 is 6.11. The van der Waals surface area contributed by atoms with Gasteiger partial charge in [-0.15, -0.1) is 0 Å². The minimum absolute atomic E-state index is 0.183. The van der Waals surface area contributed by atoms with Crippen molar-refractivity contribution in [1.82, 2.24) is 5.32 Å². The fraction of sp³-hybridized carbons (Fsp3) is 0.200. The van der Waals surface area contributed by atoms with Crippen molar-refractivity contribution in [2.75, 3.05) is 11.7 Å². The molecule has 29 heavy (non-hydrogen) atoms. The number of ether oxygens (including phenoxy) is 2. The Kier molecular flexibility index (Phi) is 4.94. The van der Waals surface area contributed by atoms with Crippen LogP contribution in [0.1, 0.15) is 11.1 Å². The number of imide groups is 2. The monoisotopic (exact) mass is 414 g/mol. The Bertz CT molecular complexity index is 1050. The van der Waals surface area contributed by atoms with E-state index in [-0.39, 0.29) is 6.79 Å². The molecule has 2 N–H and O–H groups in total. The van der Waals surface area contributed by atoms with Crippen molar-refractivity contribution in [3.8, 4) is 11.5 Å². The van der Waals surface area contributed by atoms with Gasteiger partial charge in [0.05, 0.1) is 5.69 Å². The minimum atomic E-state index is -1.17. The van der Waals surface area contributed by atoms with Crippen molar-refractivity contribution in [3.05, 3.63) is 52.5 Å². The summed E-state index contributed by atoms with van der Waals surface area (Å²) in [5.41, 5.74) is 1.99. The van der Waals surface area contributed by atoms with E-state index < -0.39 is 23.8 Å². The predicted octanol–water partition coefficient (Wildman–Crippen LogP) is 0.928. The van der Waals surface area contributed by atoms with E-state index in [1.165, 1.54) is 12.3 Å². The van der Waals surface area contributed by atoms with Gasteiger partial charge in [-0.3, -0.25) is 14.9 Å². The van der Waals surface area contributed by atoms with Crippen molar-refractivity contribution in [3.63, 3.8) is 0 Å². The SMILES string of the molecule is Cc1ccc(N2C(=O)NC(=O)[C@@H](C=[NH+]Cc3ccc4c(c3)OCO4)C2=O)cc1Cl. The Balaban J connectivity index is 1.52. The maximum Gasteiger partial charge on any atom is 0.335 e. The van der Waals surface area contributed by atoms with Crippen LogP contribution in [0.3, 0.4) is 0 Å². The first-order valence-electron chi connectivity index (χ1n) is 8.84. The minimum Gasteiger partial charge on any atom is -0.454 e. The van der Waals surface area contributed by atoms with E-state index in [9.17, 15) is 14.4 Å². The van der Waals surface area contributed by atoms with Gasteiger partial charge < -0.3 is 9.47 Å². The molecule has 2 aliphatic rings. The van der Waals surface area contributed by atoms with Gasteiger partial charge in [0.25, 0.3) is 11.8 Å². The van der Waals surface area contributed by atoms with Gasteiger partial charge in [0.1, 0.15) is 0 Å². The third kappa shape index (κ3) is 3.66. The van der Waals surface area contributed by atoms with Crippen LogP contribution in [0, 0.1) is 12.8 Å². The first-order chi connectivity index (χ1) is 13.9. The molecule has 1 atom stereocenters. The van der Waals surface area contributed by atoms with Gasteiger partial charge in [-0.05, 0) is 42.8 Å². The molecular formula is C20H17ClN3O5+. The number of hydrogen-bond acceptors (Lipinski definition) is 5. The summed E-state index contributed by atoms with van der Waals surface area (Å²) in [6, 6.07) is 9.47. The highest BCUT2D eigenvalue weighted by molar-refractivity contribution is 6.34. The highest BCUT2D eigenvalue weighted by atomic mass is 35.5. The molecule has 0 saturated carbocycles. The van der Waals surface area contributed by atoms with Crippen molar-refractivity contribution in [2.45, 2.75) is 13.5 Å². The van der Waals surface area contributed by atoms with E-state index in [0.717, 1.165) is 16.0 Å². The molecule has 9 heteroatoms. The normalized spacial score (nSPS) is 18.5. The molecule has 0 bridgehead atoms. The molecule has 2 aliphatic heterocycles. The van der Waals surface area contributed by atoms with Gasteiger partial charge in [-0.25, -0.2) is 14.7 Å². The van der Waals surface area contributed by atoms with E-state index >= 15 is 0 Å². The molecule has 1 fully saturated rings. The number of benzene rings is 2. The number of halogens is 1. The number of hydrogen-bond donors (Lipinski definition) is 2. The van der Waals surface area contributed by atoms with Crippen molar-refractivity contribution in [1.29, 1.82) is 0 Å². The summed E-state index contributed by atoms with van der Waals surface area (Å²) in [6.45, 7) is 2.35. The second-order valence-electron chi connectivity index (χ2n) is 6.61. The molecule has 0 radical (unpaired) electrons. The molecule has 0 unspecified atom stereocenters. The number of amides is 4. The van der Waals surface area contributed by atoms with E-state index in [2.05, 4.69) is 10.3 Å². The molecule has 2 heterocycles. The maximum absolute atomic E-state index is 12.8. The second kappa shape index (κ2) is 7.56. The first kappa shape index (κ1) is 18.9. The number of carbonyl (C=O) groups excluding carboxylic acids is 3. The van der Waals surface area contributed by atoms with Crippen molar-refractivity contribution >= 4 is 41.3 Å². The van der Waals surface area contributed by atoms with Crippen LogP contribution in [0.5, 0.6) is 11.5 Å². The zero-order valence-electron chi connectivity index (χ0n) is 15.4. The average Bonchev–Trinajstić information content (AvgIpc) is 3.15. The maximum atomic E-state index is 12.8. The summed E-state index contributed by atoms with van der Waals surface area (Å²) in [7, 11) is 0. The number of aryl methyl sites for hydroxylation is 1. The number of nitrogens with one attached hydrogen (secondary N) is 2. The summed E-state index contributed by atoms with van der Waals surface area (Å²) < 4.78 is 10.6. The number of urea groups is 1. The van der Waals surface area contributed by atoms with Crippen LogP contribution >= 0.6 is 11.6 Å². The van der Waals surface area contributed by atoms with Gasteiger partial charge in [0.2, 0.25) is 6.79 Å². The predicted molar refractivity (Wildman–Crippen MR) is 104 cm³/mol. The first-order valence-corrected chi connectivity index (χ1v) is 9.22. The standard InChI is InChI=1S/C20H16ClN3O5/c1-11-2-4-13(7-15(11)21)24-19(26)14(18(25)23-20(24)27)9-22-8-12-3-5-16-17(6-12)29-10-28-16/h2-7,9,14H,8,10H2,1H3,(H,23,25,27)/p+1/t14-/m1/s1. The van der Waals surface area contributed by atoms with Crippen molar-refractivity contribution in [2.24, 2.45) is 5.92 Å². The summed E-state index contributed by atoms with van der Waals surface area (Å²) in [6.07, 6.45) is 1.37. The van der Waals surface area contributed by atoms with Gasteiger partial charge >= 0.3 is 6.03 Å². The fourth-order valence-corrected chi connectivity index (χ4v) is 3.22. The summed E-state index contributed by atoms with van der Waals surface area (Å²) in [5.74, 6) is -1.19. The van der Waals surface area contributed by atoms with E-state index in [0.29, 0.717) is 28.8 Å². The van der Waals surface area contributed by atoms with Crippen LogP contribution in [0.4, 0.5) is 10.5 Å². The Morgan fingerprint density at radius 3 is 2.76 bits per heavy atom. The van der Waals surface area contributed by atoms with Crippen LogP contribution in [-0.4, -0.2) is 30.9 Å². The molecule has 2 aromatic rings. The molecule has 148 valence electrons. The average molecular weight is 415 g/mol. The number of carbonyl (C=O) groups is 3. The summed E-state index contributed by atoms with van der Waals surface area (Å²) in [5, 5.41) is 2.62. The molecule has 4 amide bonds. The van der Waals surface area contributed by atoms with Crippen LogP contribution in [0.2, 0.25) is 5.02 Å². The second-order valence-corrected chi connectivity index (χ2v) is 7.02. The van der Waals surface area contributed by atoms with Crippen LogP contribution in [0.15, 0.2) is 36.4 Å². The molecule has 4 rings (SSSR count). The number of barbiturate groups is 1. The van der Waals surface area contributed by atoms with E-state index in [1.807, 2.05) is 19.1 Å². The Hall–Kier alpha value is -3.39. The van der Waals surface area contributed by atoms with Crippen molar-refractivity contribution < 1.29 is 28.8 Å². The Morgan fingerprint density at radius 1 is 1.17 bits per heavy atom. The third-order valence-electron chi connectivity index (χ3n) is 4.64. The third-order valence-corrected chi connectivity index (χ3v) is 5.05. The lowest BCUT2D eigenvalue weighted by Gasteiger charge is -2.27. The molecule has 0 aromatic heterocycles. The lowest BCUT2D eigenvalue weighted by molar-refractivity contribution is -0.471. The molecule has 0 spiro atoms. The molecular weight excluding hydrogens is 398 g/mol. The molecule has 2 aromatic carbocycles. The van der Waals surface area contributed by atoms with E-state index in [1.54, 1.807) is 18.2 Å². The van der Waals surface area contributed by atoms with Gasteiger partial charge in [-0.2, -0.15) is 0 Å². The summed E-state index contributed by atoms with van der Waals surface area (Å²) in [4.78, 5) is 41.1. The van der Waals surface area contributed by atoms with Crippen LogP contribution in [-0.2, 0) is 16.1 Å². The Labute approximate surface area is 171 Å². The quantitative estimate of drug-likeness (QED) is 0.572. The smallest absolute Gasteiger partial charge is 0.335 e. The molecule has 8 nitrogen and oxygen atoms in total. The van der Waals surface area contributed by atoms with Crippen LogP contribution < -0.4 is 24.7 Å². The topological polar surface area (TPSA) is 98.9 Å². The molecule has 0 aliphatic carbocycles. The van der Waals surface area contributed by atoms with Gasteiger partial charge in [0, 0.05) is 10.6 Å². The van der Waals surface area contributed by atoms with Gasteiger partial charge in [0.15, 0.2) is 30.2 Å². The van der Waals surface area contributed by atoms with Gasteiger partial charge in [-0.1, -0.05) is 17.7 Å².